The molecule has 0 heterocycles. The van der Waals surface area contributed by atoms with Crippen LogP contribution in [0.3, 0.4) is 0 Å². The maximum Gasteiger partial charge on any atom is 0.119 e. The van der Waals surface area contributed by atoms with Gasteiger partial charge in [0, 0.05) is 0 Å². The quantitative estimate of drug-likeness (QED) is 0.558. The zero-order chi connectivity index (χ0) is 12.5. The first-order chi connectivity index (χ1) is 8.95. The minimum atomic E-state index is 0.791. The summed E-state index contributed by atoms with van der Waals surface area (Å²) in [5, 5.41) is 3.48. The van der Waals surface area contributed by atoms with E-state index in [-0.39, 0.29) is 0 Å². The van der Waals surface area contributed by atoms with Crippen molar-refractivity contribution >= 4 is 0 Å². The zero-order valence-electron chi connectivity index (χ0n) is 11.0. The Morgan fingerprint density at radius 3 is 2.78 bits per heavy atom. The van der Waals surface area contributed by atoms with E-state index in [1.165, 1.54) is 25.7 Å². The van der Waals surface area contributed by atoms with E-state index in [0.29, 0.717) is 0 Å². The lowest BCUT2D eigenvalue weighted by Gasteiger charge is -2.07. The lowest BCUT2D eigenvalue weighted by Crippen LogP contribution is -2.19. The second-order valence-corrected chi connectivity index (χ2v) is 4.77. The van der Waals surface area contributed by atoms with Crippen LogP contribution >= 0.6 is 0 Å². The standard InChI is InChI=1S/C16H23NO/c1-2-9-16(10-3-1)18-14-6-12-17-13-11-15-7-4-5-8-15/h1-3,7,9-10,17H,4-6,8,11-14H2. The van der Waals surface area contributed by atoms with Gasteiger partial charge in [-0.05, 0) is 57.3 Å². The lowest BCUT2D eigenvalue weighted by atomic mass is 10.2. The summed E-state index contributed by atoms with van der Waals surface area (Å²) in [5.41, 5.74) is 1.64. The van der Waals surface area contributed by atoms with E-state index in [1.807, 2.05) is 30.3 Å². The third-order valence-electron chi connectivity index (χ3n) is 3.27. The highest BCUT2D eigenvalue weighted by Gasteiger charge is 2.03. The van der Waals surface area contributed by atoms with E-state index in [0.717, 1.165) is 31.9 Å². The molecule has 1 aliphatic rings. The summed E-state index contributed by atoms with van der Waals surface area (Å²) in [4.78, 5) is 0. The molecule has 1 aromatic rings. The van der Waals surface area contributed by atoms with Crippen molar-refractivity contribution in [3.63, 3.8) is 0 Å². The molecule has 0 aliphatic heterocycles. The first kappa shape index (κ1) is 13.2. The number of hydrogen-bond donors (Lipinski definition) is 1. The maximum absolute atomic E-state index is 5.63. The third-order valence-corrected chi connectivity index (χ3v) is 3.27. The Morgan fingerprint density at radius 2 is 2.00 bits per heavy atom. The van der Waals surface area contributed by atoms with Crippen LogP contribution in [0.4, 0.5) is 0 Å². The Hall–Kier alpha value is -1.28. The molecule has 1 aliphatic carbocycles. The van der Waals surface area contributed by atoms with Gasteiger partial charge in [0.1, 0.15) is 5.75 Å². The molecule has 2 rings (SSSR count). The van der Waals surface area contributed by atoms with Crippen LogP contribution in [0.5, 0.6) is 5.75 Å². The highest BCUT2D eigenvalue weighted by Crippen LogP contribution is 2.19. The van der Waals surface area contributed by atoms with Gasteiger partial charge < -0.3 is 10.1 Å². The number of benzene rings is 1. The van der Waals surface area contributed by atoms with Crippen molar-refractivity contribution in [2.75, 3.05) is 19.7 Å². The molecule has 0 fully saturated rings. The van der Waals surface area contributed by atoms with Crippen LogP contribution in [0.2, 0.25) is 0 Å². The van der Waals surface area contributed by atoms with E-state index >= 15 is 0 Å². The normalized spacial score (nSPS) is 14.6. The molecule has 0 aromatic heterocycles. The summed E-state index contributed by atoms with van der Waals surface area (Å²) in [6, 6.07) is 10.0. The molecule has 1 N–H and O–H groups in total. The smallest absolute Gasteiger partial charge is 0.119 e. The van der Waals surface area contributed by atoms with Crippen LogP contribution in [0, 0.1) is 0 Å². The molecular formula is C16H23NO. The highest BCUT2D eigenvalue weighted by molar-refractivity contribution is 5.20. The third kappa shape index (κ3) is 4.92. The van der Waals surface area contributed by atoms with Gasteiger partial charge in [0.15, 0.2) is 0 Å². The van der Waals surface area contributed by atoms with Crippen molar-refractivity contribution in [1.29, 1.82) is 0 Å². The van der Waals surface area contributed by atoms with Crippen LogP contribution in [0.1, 0.15) is 32.1 Å². The van der Waals surface area contributed by atoms with Crippen molar-refractivity contribution in [2.45, 2.75) is 32.1 Å². The Kier molecular flexibility index (Phi) is 5.80. The Morgan fingerprint density at radius 1 is 1.11 bits per heavy atom. The summed E-state index contributed by atoms with van der Waals surface area (Å²) in [7, 11) is 0. The van der Waals surface area contributed by atoms with Gasteiger partial charge in [-0.1, -0.05) is 29.8 Å². The van der Waals surface area contributed by atoms with Gasteiger partial charge in [0.25, 0.3) is 0 Å². The van der Waals surface area contributed by atoms with Gasteiger partial charge >= 0.3 is 0 Å². The molecule has 18 heavy (non-hydrogen) atoms. The monoisotopic (exact) mass is 245 g/mol. The molecular weight excluding hydrogens is 222 g/mol. The summed E-state index contributed by atoms with van der Waals surface area (Å²) in [5.74, 6) is 0.966. The maximum atomic E-state index is 5.63. The van der Waals surface area contributed by atoms with Gasteiger partial charge in [0.05, 0.1) is 6.61 Å². The van der Waals surface area contributed by atoms with Crippen molar-refractivity contribution in [3.05, 3.63) is 42.0 Å². The average molecular weight is 245 g/mol. The summed E-state index contributed by atoms with van der Waals surface area (Å²) >= 11 is 0. The second-order valence-electron chi connectivity index (χ2n) is 4.77. The second kappa shape index (κ2) is 7.93. The van der Waals surface area contributed by atoms with Crippen molar-refractivity contribution in [2.24, 2.45) is 0 Å². The topological polar surface area (TPSA) is 21.3 Å². The Labute approximate surface area is 110 Å². The molecule has 0 unspecified atom stereocenters. The number of ether oxygens (including phenoxy) is 1. The van der Waals surface area contributed by atoms with E-state index < -0.39 is 0 Å². The number of nitrogens with one attached hydrogen (secondary N) is 1. The summed E-state index contributed by atoms with van der Waals surface area (Å²) < 4.78 is 5.63. The van der Waals surface area contributed by atoms with Crippen LogP contribution in [0.25, 0.3) is 0 Å². The number of para-hydroxylation sites is 1. The molecule has 0 spiro atoms. The SMILES string of the molecule is C1=C(CCNCCCOc2ccccc2)CCC1. The van der Waals surface area contributed by atoms with Crippen molar-refractivity contribution in [3.8, 4) is 5.75 Å². The summed E-state index contributed by atoms with van der Waals surface area (Å²) in [6.07, 6.45) is 8.66. The highest BCUT2D eigenvalue weighted by atomic mass is 16.5. The fourth-order valence-corrected chi connectivity index (χ4v) is 2.24. The first-order valence-corrected chi connectivity index (χ1v) is 7.01. The number of hydrogen-bond acceptors (Lipinski definition) is 2. The van der Waals surface area contributed by atoms with Gasteiger partial charge in [-0.3, -0.25) is 0 Å². The molecule has 0 amide bonds. The van der Waals surface area contributed by atoms with E-state index in [1.54, 1.807) is 5.57 Å². The van der Waals surface area contributed by atoms with Crippen LogP contribution in [0.15, 0.2) is 42.0 Å². The summed E-state index contributed by atoms with van der Waals surface area (Å²) in [6.45, 7) is 2.94. The fourth-order valence-electron chi connectivity index (χ4n) is 2.24. The lowest BCUT2D eigenvalue weighted by molar-refractivity contribution is 0.308. The number of rotatable bonds is 8. The minimum Gasteiger partial charge on any atom is -0.494 e. The minimum absolute atomic E-state index is 0.791. The van der Waals surface area contributed by atoms with Crippen LogP contribution in [-0.2, 0) is 0 Å². The first-order valence-electron chi connectivity index (χ1n) is 7.01. The number of allylic oxidation sites excluding steroid dienone is 1. The van der Waals surface area contributed by atoms with Crippen LogP contribution < -0.4 is 10.1 Å². The van der Waals surface area contributed by atoms with E-state index in [9.17, 15) is 0 Å². The molecule has 0 atom stereocenters. The van der Waals surface area contributed by atoms with Gasteiger partial charge in [-0.25, -0.2) is 0 Å². The van der Waals surface area contributed by atoms with Crippen molar-refractivity contribution in [1.82, 2.24) is 5.32 Å². The molecule has 2 nitrogen and oxygen atoms in total. The molecule has 0 radical (unpaired) electrons. The predicted octanol–water partition coefficient (Wildman–Crippen LogP) is 3.55. The fraction of sp³-hybridized carbons (Fsp3) is 0.500. The van der Waals surface area contributed by atoms with E-state index in [4.69, 9.17) is 4.74 Å². The zero-order valence-corrected chi connectivity index (χ0v) is 11.0. The molecule has 0 saturated carbocycles. The molecule has 0 bridgehead atoms. The van der Waals surface area contributed by atoms with Gasteiger partial charge in [-0.2, -0.15) is 0 Å². The molecule has 2 heteroatoms. The van der Waals surface area contributed by atoms with Crippen molar-refractivity contribution < 1.29 is 4.74 Å². The van der Waals surface area contributed by atoms with Crippen LogP contribution in [-0.4, -0.2) is 19.7 Å². The predicted molar refractivity (Wildman–Crippen MR) is 76.0 cm³/mol. The molecule has 1 aromatic carbocycles. The molecule has 0 saturated heterocycles. The van der Waals surface area contributed by atoms with E-state index in [2.05, 4.69) is 11.4 Å². The van der Waals surface area contributed by atoms with Gasteiger partial charge in [0.2, 0.25) is 0 Å². The molecule has 98 valence electrons. The average Bonchev–Trinajstić information content (AvgIpc) is 2.92. The Bertz CT molecular complexity index is 359. The largest absolute Gasteiger partial charge is 0.494 e. The van der Waals surface area contributed by atoms with Gasteiger partial charge in [-0.15, -0.1) is 0 Å². The Balaban J connectivity index is 1.44.